The number of furan rings is 1. The standard InChI is InChI=1S/C25H20F3NO6/c1-13-7-9-18(33-3)17(11-13)22(30)20-21(19-10-8-14(2)34-19)29(24(32)23(20)31)15-5-4-6-16(12-15)35-25(26,27)28/h4-12,21,30H,1-3H3/b22-20-. The lowest BCUT2D eigenvalue weighted by Crippen LogP contribution is -2.29. The zero-order valence-electron chi connectivity index (χ0n) is 18.8. The van der Waals surface area contributed by atoms with E-state index < -0.39 is 35.6 Å². The number of benzene rings is 2. The topological polar surface area (TPSA) is 89.2 Å². The molecule has 0 aliphatic carbocycles. The van der Waals surface area contributed by atoms with E-state index in [4.69, 9.17) is 9.15 Å². The molecule has 1 amide bonds. The van der Waals surface area contributed by atoms with E-state index in [1.807, 2.05) is 0 Å². The predicted molar refractivity (Wildman–Crippen MR) is 119 cm³/mol. The van der Waals surface area contributed by atoms with E-state index in [1.165, 1.54) is 25.3 Å². The molecule has 1 N–H and O–H groups in total. The van der Waals surface area contributed by atoms with E-state index >= 15 is 0 Å². The van der Waals surface area contributed by atoms with E-state index in [0.29, 0.717) is 5.76 Å². The van der Waals surface area contributed by atoms with Crippen molar-refractivity contribution in [3.63, 3.8) is 0 Å². The van der Waals surface area contributed by atoms with Crippen LogP contribution in [0.5, 0.6) is 11.5 Å². The fraction of sp³-hybridized carbons (Fsp3) is 0.200. The lowest BCUT2D eigenvalue weighted by molar-refractivity contribution is -0.274. The van der Waals surface area contributed by atoms with Crippen LogP contribution in [-0.2, 0) is 9.59 Å². The molecule has 0 radical (unpaired) electrons. The molecule has 2 aromatic carbocycles. The van der Waals surface area contributed by atoms with Gasteiger partial charge in [0.2, 0.25) is 0 Å². The third-order valence-corrected chi connectivity index (χ3v) is 5.41. The van der Waals surface area contributed by atoms with E-state index in [9.17, 15) is 27.9 Å². The first-order valence-corrected chi connectivity index (χ1v) is 10.4. The number of hydrogen-bond acceptors (Lipinski definition) is 6. The van der Waals surface area contributed by atoms with Gasteiger partial charge in [0.15, 0.2) is 0 Å². The molecule has 1 atom stereocenters. The number of alkyl halides is 3. The second-order valence-electron chi connectivity index (χ2n) is 7.87. The molecule has 7 nitrogen and oxygen atoms in total. The molecule has 1 unspecified atom stereocenters. The second-order valence-corrected chi connectivity index (χ2v) is 7.87. The highest BCUT2D eigenvalue weighted by molar-refractivity contribution is 6.51. The van der Waals surface area contributed by atoms with Gasteiger partial charge >= 0.3 is 6.36 Å². The molecular weight excluding hydrogens is 467 g/mol. The van der Waals surface area contributed by atoms with Crippen molar-refractivity contribution < 1.29 is 41.8 Å². The summed E-state index contributed by atoms with van der Waals surface area (Å²) in [5, 5.41) is 11.2. The van der Waals surface area contributed by atoms with Crippen molar-refractivity contribution in [3.05, 3.63) is 82.8 Å². The van der Waals surface area contributed by atoms with Gasteiger partial charge in [-0.2, -0.15) is 0 Å². The van der Waals surface area contributed by atoms with Crippen molar-refractivity contribution in [3.8, 4) is 11.5 Å². The van der Waals surface area contributed by atoms with Crippen LogP contribution < -0.4 is 14.4 Å². The number of nitrogens with zero attached hydrogens (tertiary/aromatic N) is 1. The van der Waals surface area contributed by atoms with Crippen molar-refractivity contribution >= 4 is 23.1 Å². The maximum atomic E-state index is 13.2. The van der Waals surface area contributed by atoms with Gasteiger partial charge in [-0.15, -0.1) is 13.2 Å². The molecule has 2 heterocycles. The SMILES string of the molecule is COc1ccc(C)cc1/C(O)=C1/C(=O)C(=O)N(c2cccc(OC(F)(F)F)c2)C1c1ccc(C)o1. The van der Waals surface area contributed by atoms with Gasteiger partial charge < -0.3 is 19.0 Å². The molecule has 3 aromatic rings. The molecule has 1 saturated heterocycles. The van der Waals surface area contributed by atoms with Crippen molar-refractivity contribution in [2.75, 3.05) is 12.0 Å². The molecule has 1 aliphatic rings. The summed E-state index contributed by atoms with van der Waals surface area (Å²) in [5.74, 6) is -2.31. The number of aliphatic hydroxyl groups is 1. The number of carbonyl (C=O) groups excluding carboxylic acids is 2. The molecule has 35 heavy (non-hydrogen) atoms. The molecule has 0 spiro atoms. The van der Waals surface area contributed by atoms with Gasteiger partial charge in [-0.05, 0) is 50.2 Å². The van der Waals surface area contributed by atoms with Gasteiger partial charge in [-0.3, -0.25) is 14.5 Å². The monoisotopic (exact) mass is 487 g/mol. The highest BCUT2D eigenvalue weighted by atomic mass is 19.4. The molecular formula is C25H20F3NO6. The number of methoxy groups -OCH3 is 1. The average molecular weight is 487 g/mol. The number of aliphatic hydroxyl groups excluding tert-OH is 1. The van der Waals surface area contributed by atoms with Crippen LogP contribution >= 0.6 is 0 Å². The zero-order chi connectivity index (χ0) is 25.5. The normalized spacial score (nSPS) is 17.7. The van der Waals surface area contributed by atoms with Gasteiger partial charge in [0.1, 0.15) is 34.8 Å². The summed E-state index contributed by atoms with van der Waals surface area (Å²) in [4.78, 5) is 27.3. The van der Waals surface area contributed by atoms with Gasteiger partial charge in [0, 0.05) is 11.8 Å². The number of amides is 1. The van der Waals surface area contributed by atoms with Gasteiger partial charge in [-0.1, -0.05) is 17.7 Å². The molecule has 4 rings (SSSR count). The maximum absolute atomic E-state index is 13.2. The number of carbonyl (C=O) groups is 2. The highest BCUT2D eigenvalue weighted by Gasteiger charge is 2.49. The Balaban J connectivity index is 1.93. The van der Waals surface area contributed by atoms with Crippen molar-refractivity contribution in [2.45, 2.75) is 26.3 Å². The smallest absolute Gasteiger partial charge is 0.507 e. The predicted octanol–water partition coefficient (Wildman–Crippen LogP) is 5.43. The number of ketones is 1. The van der Waals surface area contributed by atoms with Crippen LogP contribution in [0, 0.1) is 13.8 Å². The van der Waals surface area contributed by atoms with E-state index in [2.05, 4.69) is 4.74 Å². The molecule has 1 fully saturated rings. The Morgan fingerprint density at radius 2 is 1.80 bits per heavy atom. The number of anilines is 1. The van der Waals surface area contributed by atoms with Crippen molar-refractivity contribution in [1.29, 1.82) is 0 Å². The molecule has 1 aliphatic heterocycles. The van der Waals surface area contributed by atoms with Gasteiger partial charge in [0.05, 0.1) is 18.2 Å². The van der Waals surface area contributed by atoms with Crippen LogP contribution in [-0.4, -0.2) is 30.3 Å². The fourth-order valence-corrected chi connectivity index (χ4v) is 3.95. The number of halogens is 3. The zero-order valence-corrected chi connectivity index (χ0v) is 18.8. The lowest BCUT2D eigenvalue weighted by Gasteiger charge is -2.24. The molecule has 1 aromatic heterocycles. The minimum atomic E-state index is -4.95. The summed E-state index contributed by atoms with van der Waals surface area (Å²) in [6.45, 7) is 3.42. The summed E-state index contributed by atoms with van der Waals surface area (Å²) in [6.07, 6.45) is -4.95. The maximum Gasteiger partial charge on any atom is 0.573 e. The molecule has 0 bridgehead atoms. The Morgan fingerprint density at radius 3 is 2.43 bits per heavy atom. The molecule has 0 saturated carbocycles. The summed E-state index contributed by atoms with van der Waals surface area (Å²) in [7, 11) is 1.39. The minimum Gasteiger partial charge on any atom is -0.507 e. The van der Waals surface area contributed by atoms with Crippen LogP contribution in [0.1, 0.15) is 28.7 Å². The Morgan fingerprint density at radius 1 is 1.06 bits per heavy atom. The third-order valence-electron chi connectivity index (χ3n) is 5.41. The fourth-order valence-electron chi connectivity index (χ4n) is 3.95. The number of Topliss-reactive ketones (excluding diaryl/α,β-unsaturated/α-hetero) is 1. The summed E-state index contributed by atoms with van der Waals surface area (Å²) in [6, 6.07) is 11.5. The number of rotatable bonds is 5. The van der Waals surface area contributed by atoms with Gasteiger partial charge in [0.25, 0.3) is 11.7 Å². The van der Waals surface area contributed by atoms with Crippen molar-refractivity contribution in [1.82, 2.24) is 0 Å². The summed E-state index contributed by atoms with van der Waals surface area (Å²) >= 11 is 0. The first-order chi connectivity index (χ1) is 16.5. The van der Waals surface area contributed by atoms with Crippen LogP contribution in [0.15, 0.2) is 64.6 Å². The minimum absolute atomic E-state index is 0.0526. The molecule has 182 valence electrons. The first kappa shape index (κ1) is 23.9. The number of hydrogen-bond donors (Lipinski definition) is 1. The molecule has 10 heteroatoms. The number of aryl methyl sites for hydroxylation is 2. The Bertz CT molecular complexity index is 1340. The Kier molecular flexibility index (Phi) is 6.06. The van der Waals surface area contributed by atoms with E-state index in [0.717, 1.165) is 22.6 Å². The van der Waals surface area contributed by atoms with Crippen LogP contribution in [0.3, 0.4) is 0 Å². The van der Waals surface area contributed by atoms with Gasteiger partial charge in [-0.25, -0.2) is 0 Å². The summed E-state index contributed by atoms with van der Waals surface area (Å²) in [5.41, 5.74) is 0.579. The quantitative estimate of drug-likeness (QED) is 0.293. The average Bonchev–Trinajstić information content (AvgIpc) is 3.33. The Labute approximate surface area is 198 Å². The van der Waals surface area contributed by atoms with Crippen LogP contribution in [0.4, 0.5) is 18.9 Å². The summed E-state index contributed by atoms with van der Waals surface area (Å²) < 4.78 is 53.3. The van der Waals surface area contributed by atoms with E-state index in [1.54, 1.807) is 38.1 Å². The Hall–Kier alpha value is -4.21. The lowest BCUT2D eigenvalue weighted by atomic mass is 9.97. The van der Waals surface area contributed by atoms with Crippen molar-refractivity contribution in [2.24, 2.45) is 0 Å². The highest BCUT2D eigenvalue weighted by Crippen LogP contribution is 2.44. The van der Waals surface area contributed by atoms with Crippen LogP contribution in [0.25, 0.3) is 5.76 Å². The first-order valence-electron chi connectivity index (χ1n) is 10.4. The number of ether oxygens (including phenoxy) is 2. The van der Waals surface area contributed by atoms with Crippen LogP contribution in [0.2, 0.25) is 0 Å². The largest absolute Gasteiger partial charge is 0.573 e. The van der Waals surface area contributed by atoms with E-state index in [-0.39, 0.29) is 28.3 Å². The second kappa shape index (κ2) is 8.86. The third kappa shape index (κ3) is 4.59.